The van der Waals surface area contributed by atoms with Gasteiger partial charge in [0.1, 0.15) is 15.6 Å². The Hall–Kier alpha value is -2.15. The number of hydrogen-bond acceptors (Lipinski definition) is 5. The molecular formula is C16H20N2O4S. The monoisotopic (exact) mass is 336 g/mol. The van der Waals surface area contributed by atoms with Gasteiger partial charge >= 0.3 is 0 Å². The van der Waals surface area contributed by atoms with E-state index in [-0.39, 0.29) is 17.4 Å². The number of aromatic nitrogens is 1. The van der Waals surface area contributed by atoms with Gasteiger partial charge in [-0.25, -0.2) is 13.4 Å². The molecule has 0 bridgehead atoms. The van der Waals surface area contributed by atoms with Gasteiger partial charge in [-0.05, 0) is 5.56 Å². The van der Waals surface area contributed by atoms with Crippen molar-refractivity contribution in [3.8, 4) is 0 Å². The van der Waals surface area contributed by atoms with Crippen molar-refractivity contribution < 1.29 is 17.6 Å². The van der Waals surface area contributed by atoms with Crippen LogP contribution >= 0.6 is 0 Å². The first-order chi connectivity index (χ1) is 10.8. The fourth-order valence-corrected chi connectivity index (χ4v) is 3.15. The summed E-state index contributed by atoms with van der Waals surface area (Å²) in [6.07, 6.45) is 2.36. The van der Waals surface area contributed by atoms with E-state index >= 15 is 0 Å². The molecule has 0 spiro atoms. The summed E-state index contributed by atoms with van der Waals surface area (Å²) < 4.78 is 28.6. The highest BCUT2D eigenvalue weighted by Gasteiger charge is 2.24. The number of sulfone groups is 1. The van der Waals surface area contributed by atoms with Crippen molar-refractivity contribution in [3.05, 3.63) is 53.7 Å². The first kappa shape index (κ1) is 17.2. The Labute approximate surface area is 135 Å². The van der Waals surface area contributed by atoms with Gasteiger partial charge in [-0.15, -0.1) is 0 Å². The van der Waals surface area contributed by atoms with Gasteiger partial charge < -0.3 is 9.73 Å². The third-order valence-corrected chi connectivity index (χ3v) is 4.25. The predicted octanol–water partition coefficient (Wildman–Crippen LogP) is 2.31. The maximum absolute atomic E-state index is 12.5. The minimum atomic E-state index is -3.27. The number of carbonyl (C=O) groups is 1. The maximum Gasteiger partial charge on any atom is 0.274 e. The molecule has 1 aromatic carbocycles. The van der Waals surface area contributed by atoms with Crippen LogP contribution in [0.25, 0.3) is 0 Å². The lowest BCUT2D eigenvalue weighted by molar-refractivity contribution is 0.0933. The van der Waals surface area contributed by atoms with Gasteiger partial charge in [-0.2, -0.15) is 0 Å². The fourth-order valence-electron chi connectivity index (χ4n) is 2.27. The van der Waals surface area contributed by atoms with Crippen LogP contribution in [-0.4, -0.2) is 31.3 Å². The van der Waals surface area contributed by atoms with Crippen LogP contribution in [-0.2, 0) is 9.84 Å². The molecule has 23 heavy (non-hydrogen) atoms. The summed E-state index contributed by atoms with van der Waals surface area (Å²) in [6, 6.07) is 8.34. The summed E-state index contributed by atoms with van der Waals surface area (Å²) >= 11 is 0. The van der Waals surface area contributed by atoms with Crippen molar-refractivity contribution in [2.24, 2.45) is 0 Å². The summed E-state index contributed by atoms with van der Waals surface area (Å²) in [4.78, 5) is 16.4. The van der Waals surface area contributed by atoms with Crippen LogP contribution in [0.3, 0.4) is 0 Å². The predicted molar refractivity (Wildman–Crippen MR) is 87.0 cm³/mol. The van der Waals surface area contributed by atoms with Crippen LogP contribution in [0.15, 0.2) is 41.1 Å². The molecule has 1 heterocycles. The molecule has 2 aromatic rings. The van der Waals surface area contributed by atoms with E-state index in [1.165, 1.54) is 6.39 Å². The van der Waals surface area contributed by atoms with Gasteiger partial charge in [0, 0.05) is 12.2 Å². The van der Waals surface area contributed by atoms with Crippen molar-refractivity contribution in [3.63, 3.8) is 0 Å². The summed E-state index contributed by atoms with van der Waals surface area (Å²) in [6.45, 7) is 3.78. The average molecular weight is 336 g/mol. The van der Waals surface area contributed by atoms with Crippen LogP contribution in [0.1, 0.15) is 47.6 Å². The first-order valence-corrected chi connectivity index (χ1v) is 9.31. The van der Waals surface area contributed by atoms with E-state index in [0.29, 0.717) is 5.76 Å². The van der Waals surface area contributed by atoms with E-state index < -0.39 is 21.8 Å². The molecule has 0 fully saturated rings. The van der Waals surface area contributed by atoms with Crippen molar-refractivity contribution in [1.29, 1.82) is 0 Å². The molecule has 124 valence electrons. The minimum Gasteiger partial charge on any atom is -0.447 e. The van der Waals surface area contributed by atoms with Gasteiger partial charge in [-0.1, -0.05) is 44.2 Å². The zero-order valence-corrected chi connectivity index (χ0v) is 14.1. The zero-order valence-electron chi connectivity index (χ0n) is 13.3. The van der Waals surface area contributed by atoms with E-state index in [1.807, 2.05) is 19.9 Å². The number of benzene rings is 1. The second-order valence-electron chi connectivity index (χ2n) is 5.75. The van der Waals surface area contributed by atoms with Crippen molar-refractivity contribution in [1.82, 2.24) is 10.3 Å². The number of amides is 1. The normalized spacial score (nSPS) is 13.0. The van der Waals surface area contributed by atoms with E-state index in [9.17, 15) is 13.2 Å². The van der Waals surface area contributed by atoms with Crippen LogP contribution in [0.4, 0.5) is 0 Å². The molecule has 1 unspecified atom stereocenters. The molecule has 2 rings (SSSR count). The second kappa shape index (κ2) is 6.95. The number of nitrogens with zero attached hydrogens (tertiary/aromatic N) is 1. The van der Waals surface area contributed by atoms with E-state index in [1.54, 1.807) is 24.3 Å². The Morgan fingerprint density at radius 2 is 1.91 bits per heavy atom. The average Bonchev–Trinajstić information content (AvgIpc) is 2.96. The van der Waals surface area contributed by atoms with Crippen LogP contribution in [0.5, 0.6) is 0 Å². The lowest BCUT2D eigenvalue weighted by Crippen LogP contribution is -2.33. The standard InChI is InChI=1S/C16H20N2O4S/c1-11(2)15-14(17-10-22-15)16(19)18-13(9-23(3,20)21)12-7-5-4-6-8-12/h4-8,10-11,13H,9H2,1-3H3,(H,18,19). The number of oxazole rings is 1. The largest absolute Gasteiger partial charge is 0.447 e. The lowest BCUT2D eigenvalue weighted by Gasteiger charge is -2.18. The molecule has 0 saturated carbocycles. The number of rotatable bonds is 6. The highest BCUT2D eigenvalue weighted by molar-refractivity contribution is 7.90. The van der Waals surface area contributed by atoms with Crippen LogP contribution in [0.2, 0.25) is 0 Å². The SMILES string of the molecule is CC(C)c1ocnc1C(=O)NC(CS(C)(=O)=O)c1ccccc1. The number of carbonyl (C=O) groups excluding carboxylic acids is 1. The summed E-state index contributed by atoms with van der Waals surface area (Å²) in [5.41, 5.74) is 0.912. The molecule has 1 N–H and O–H groups in total. The van der Waals surface area contributed by atoms with Gasteiger partial charge in [0.05, 0.1) is 11.8 Å². The zero-order chi connectivity index (χ0) is 17.0. The molecule has 1 aromatic heterocycles. The van der Waals surface area contributed by atoms with Crippen LogP contribution < -0.4 is 5.32 Å². The van der Waals surface area contributed by atoms with Gasteiger partial charge in [0.15, 0.2) is 12.1 Å². The number of hydrogen-bond donors (Lipinski definition) is 1. The number of nitrogens with one attached hydrogen (secondary N) is 1. The molecule has 0 saturated heterocycles. The molecule has 0 aliphatic heterocycles. The third-order valence-electron chi connectivity index (χ3n) is 3.31. The summed E-state index contributed by atoms with van der Waals surface area (Å²) in [5, 5.41) is 2.75. The molecule has 6 nitrogen and oxygen atoms in total. The highest BCUT2D eigenvalue weighted by Crippen LogP contribution is 2.20. The fraction of sp³-hybridized carbons (Fsp3) is 0.375. The molecule has 0 aliphatic carbocycles. The van der Waals surface area contributed by atoms with Gasteiger partial charge in [0.2, 0.25) is 0 Å². The van der Waals surface area contributed by atoms with E-state index in [2.05, 4.69) is 10.3 Å². The Bertz CT molecular complexity index is 766. The maximum atomic E-state index is 12.5. The third kappa shape index (κ3) is 4.66. The molecule has 1 amide bonds. The summed E-state index contributed by atoms with van der Waals surface area (Å²) in [7, 11) is -3.27. The minimum absolute atomic E-state index is 0.00309. The Morgan fingerprint density at radius 3 is 2.48 bits per heavy atom. The summed E-state index contributed by atoms with van der Waals surface area (Å²) in [5.74, 6) is -0.144. The lowest BCUT2D eigenvalue weighted by atomic mass is 10.1. The highest BCUT2D eigenvalue weighted by atomic mass is 32.2. The van der Waals surface area contributed by atoms with E-state index in [0.717, 1.165) is 11.8 Å². The van der Waals surface area contributed by atoms with Gasteiger partial charge in [-0.3, -0.25) is 4.79 Å². The van der Waals surface area contributed by atoms with Crippen molar-refractivity contribution in [2.45, 2.75) is 25.8 Å². The van der Waals surface area contributed by atoms with E-state index in [4.69, 9.17) is 4.42 Å². The Balaban J connectivity index is 2.27. The smallest absolute Gasteiger partial charge is 0.274 e. The molecule has 7 heteroatoms. The first-order valence-electron chi connectivity index (χ1n) is 7.25. The molecule has 0 aliphatic rings. The van der Waals surface area contributed by atoms with Crippen molar-refractivity contribution in [2.75, 3.05) is 12.0 Å². The Kier molecular flexibility index (Phi) is 5.20. The molecule has 0 radical (unpaired) electrons. The second-order valence-corrected chi connectivity index (χ2v) is 7.93. The van der Waals surface area contributed by atoms with Crippen molar-refractivity contribution >= 4 is 15.7 Å². The Morgan fingerprint density at radius 1 is 1.26 bits per heavy atom. The van der Waals surface area contributed by atoms with Gasteiger partial charge in [0.25, 0.3) is 5.91 Å². The topological polar surface area (TPSA) is 89.3 Å². The quantitative estimate of drug-likeness (QED) is 0.874. The molecule has 1 atom stereocenters. The van der Waals surface area contributed by atoms with Crippen LogP contribution in [0, 0.1) is 0 Å². The molecular weight excluding hydrogens is 316 g/mol.